The minimum absolute atomic E-state index is 0. The zero-order valence-corrected chi connectivity index (χ0v) is 8.94. The first kappa shape index (κ1) is 237. The third-order valence-electron chi connectivity index (χ3n) is 0. The Bertz CT molecular complexity index is 12.4. The summed E-state index contributed by atoms with van der Waals surface area (Å²) < 4.78 is 0. The van der Waals surface area contributed by atoms with Crippen LogP contribution in [0.2, 0.25) is 0 Å². The second-order valence-corrected chi connectivity index (χ2v) is 0. The van der Waals surface area contributed by atoms with Crippen LogP contribution >= 0.6 is 0 Å². The molecule has 0 saturated carbocycles. The molecule has 52 valence electrons. The van der Waals surface area contributed by atoms with E-state index in [1.165, 1.54) is 0 Å². The molecule has 0 atom stereocenters. The predicted molar refractivity (Wildman–Crippen MR) is 23.8 cm³/mol. The van der Waals surface area contributed by atoms with Crippen LogP contribution in [0.4, 0.5) is 0 Å². The average Bonchev–Trinajstić information content (AvgIpc) is 0. The summed E-state index contributed by atoms with van der Waals surface area (Å²) in [6, 6.07) is 0. The molecular weight excluding hydrogens is 248 g/mol. The van der Waals surface area contributed by atoms with Gasteiger partial charge in [-0.25, -0.2) is 0 Å². The van der Waals surface area contributed by atoms with Crippen LogP contribution in [-0.4, -0.2) is 44.7 Å². The van der Waals surface area contributed by atoms with E-state index < -0.39 is 0 Å². The van der Waals surface area contributed by atoms with Crippen LogP contribution in [0.25, 0.3) is 0 Å². The Kier molecular flexibility index (Phi) is 4940. The molecule has 8 heteroatoms. The van der Waals surface area contributed by atoms with Gasteiger partial charge in [-0.2, -0.15) is 0 Å². The largest absolute Gasteiger partial charge is 0.412 e. The maximum atomic E-state index is 0. The van der Waals surface area contributed by atoms with Crippen molar-refractivity contribution in [2.24, 2.45) is 0 Å². The van der Waals surface area contributed by atoms with Gasteiger partial charge in [0.1, 0.15) is 0 Å². The van der Waals surface area contributed by atoms with Crippen molar-refractivity contribution in [2.75, 3.05) is 0 Å². The molecule has 10 N–H and O–H groups in total. The summed E-state index contributed by atoms with van der Waals surface area (Å²) in [4.78, 5) is 0. The summed E-state index contributed by atoms with van der Waals surface area (Å²) in [5.74, 6) is 0. The van der Waals surface area contributed by atoms with E-state index in [4.69, 9.17) is 0 Å². The van der Waals surface area contributed by atoms with E-state index in [9.17, 15) is 0 Å². The van der Waals surface area contributed by atoms with Crippen molar-refractivity contribution in [3.63, 3.8) is 0 Å². The Morgan fingerprint density at radius 2 is 0.500 bits per heavy atom. The number of hydrogen-bond acceptors (Lipinski definition) is 0. The van der Waals surface area contributed by atoms with Crippen LogP contribution in [0.1, 0.15) is 0 Å². The molecule has 0 bridgehead atoms. The van der Waals surface area contributed by atoms with E-state index in [1.54, 1.807) is 0 Å². The maximum Gasteiger partial charge on any atom is 0 e. The van der Waals surface area contributed by atoms with Crippen molar-refractivity contribution in [3.05, 3.63) is 0 Å². The second-order valence-electron chi connectivity index (χ2n) is 0. The topological polar surface area (TPSA) is 158 Å². The molecule has 0 aliphatic carbocycles. The first-order valence-corrected chi connectivity index (χ1v) is 0. The summed E-state index contributed by atoms with van der Waals surface area (Å²) in [5.41, 5.74) is 0. The van der Waals surface area contributed by atoms with Crippen molar-refractivity contribution < 1.29 is 71.5 Å². The third kappa shape index (κ3) is 112. The van der Waals surface area contributed by atoms with Gasteiger partial charge in [-0.3, -0.25) is 0 Å². The summed E-state index contributed by atoms with van der Waals surface area (Å²) in [5, 5.41) is 0. The number of rotatable bonds is 0. The van der Waals surface area contributed by atoms with E-state index in [0.29, 0.717) is 0 Å². The minimum atomic E-state index is 0. The van der Waals surface area contributed by atoms with Crippen molar-refractivity contribution >= 4 is 17.4 Å². The molecule has 0 aromatic heterocycles. The predicted octanol–water partition coefficient (Wildman–Crippen LogP) is -4.51. The van der Waals surface area contributed by atoms with Gasteiger partial charge >= 0.3 is 0 Å². The Labute approximate surface area is 88.3 Å². The monoisotopic (exact) mass is 258 g/mol. The van der Waals surface area contributed by atoms with E-state index in [0.717, 1.165) is 0 Å². The average molecular weight is 258 g/mol. The molecule has 0 spiro atoms. The first-order valence-electron chi connectivity index (χ1n) is 0. The Balaban J connectivity index is 0. The molecule has 0 fully saturated rings. The fourth-order valence-corrected chi connectivity index (χ4v) is 0. The maximum absolute atomic E-state index is 0. The summed E-state index contributed by atoms with van der Waals surface area (Å²) in [6.45, 7) is 0. The van der Waals surface area contributed by atoms with E-state index in [-0.39, 0.29) is 88.8 Å². The van der Waals surface area contributed by atoms with Gasteiger partial charge in [-0.1, -0.05) is 0 Å². The molecular formula is H10AlNbO5Ti. The van der Waals surface area contributed by atoms with Crippen LogP contribution < -0.4 is 0 Å². The molecule has 0 unspecified atom stereocenters. The van der Waals surface area contributed by atoms with Gasteiger partial charge in [0.05, 0.1) is 0 Å². The summed E-state index contributed by atoms with van der Waals surface area (Å²) >= 11 is 0. The van der Waals surface area contributed by atoms with Crippen molar-refractivity contribution in [1.82, 2.24) is 0 Å². The van der Waals surface area contributed by atoms with Gasteiger partial charge in [0.15, 0.2) is 0 Å². The quantitative estimate of drug-likeness (QED) is 0.383. The molecule has 0 amide bonds. The van der Waals surface area contributed by atoms with Gasteiger partial charge < -0.3 is 27.4 Å². The Morgan fingerprint density at radius 1 is 0.500 bits per heavy atom. The Morgan fingerprint density at radius 3 is 0.500 bits per heavy atom. The van der Waals surface area contributed by atoms with Gasteiger partial charge in [-0.15, -0.1) is 0 Å². The standard InChI is InChI=1S/Al.Nb.5H2O.Ti/h;;5*1H2;. The molecule has 5 nitrogen and oxygen atoms in total. The van der Waals surface area contributed by atoms with Crippen LogP contribution in [0.15, 0.2) is 0 Å². The molecule has 0 saturated heterocycles. The smallest absolute Gasteiger partial charge is 0 e. The molecule has 0 aromatic carbocycles. The van der Waals surface area contributed by atoms with Gasteiger partial charge in [-0.05, 0) is 0 Å². The second kappa shape index (κ2) is 167. The first-order chi connectivity index (χ1) is 0. The molecule has 4 radical (unpaired) electrons. The summed E-state index contributed by atoms with van der Waals surface area (Å²) in [7, 11) is 0. The fourth-order valence-electron chi connectivity index (χ4n) is 0. The van der Waals surface area contributed by atoms with Crippen LogP contribution in [-0.2, 0) is 44.1 Å². The van der Waals surface area contributed by atoms with Crippen molar-refractivity contribution in [2.45, 2.75) is 0 Å². The minimum Gasteiger partial charge on any atom is -0.412 e. The number of hydrogen-bond donors (Lipinski definition) is 0. The van der Waals surface area contributed by atoms with Crippen molar-refractivity contribution in [3.8, 4) is 0 Å². The van der Waals surface area contributed by atoms with E-state index >= 15 is 0 Å². The van der Waals surface area contributed by atoms with Crippen LogP contribution in [0.3, 0.4) is 0 Å². The van der Waals surface area contributed by atoms with Gasteiger partial charge in [0, 0.05) is 61.5 Å². The van der Waals surface area contributed by atoms with E-state index in [2.05, 4.69) is 0 Å². The van der Waals surface area contributed by atoms with Gasteiger partial charge in [0.2, 0.25) is 0 Å². The molecule has 0 aliphatic rings. The van der Waals surface area contributed by atoms with Gasteiger partial charge in [0.25, 0.3) is 0 Å². The molecule has 0 rings (SSSR count). The van der Waals surface area contributed by atoms with Crippen LogP contribution in [0, 0.1) is 0 Å². The third-order valence-corrected chi connectivity index (χ3v) is 0. The summed E-state index contributed by atoms with van der Waals surface area (Å²) in [6.07, 6.45) is 0. The normalized spacial score (nSPS) is 0. The molecule has 0 heterocycles. The van der Waals surface area contributed by atoms with E-state index in [1.807, 2.05) is 0 Å². The fraction of sp³-hybridized carbons (Fsp3) is 0. The zero-order valence-electron chi connectivity index (χ0n) is 4.02. The molecule has 0 aliphatic heterocycles. The molecule has 0 aromatic rings. The molecule has 8 heavy (non-hydrogen) atoms. The van der Waals surface area contributed by atoms with Crippen LogP contribution in [0.5, 0.6) is 0 Å². The zero-order chi connectivity index (χ0) is 0. The SMILES string of the molecule is O.O.O.O.O.[Al].[Nb].[Ti]. The Hall–Kier alpha value is 1.79. The van der Waals surface area contributed by atoms with Crippen molar-refractivity contribution in [1.29, 1.82) is 0 Å².